The molecule has 0 radical (unpaired) electrons. The van der Waals surface area contributed by atoms with Gasteiger partial charge in [-0.25, -0.2) is 0 Å². The van der Waals surface area contributed by atoms with E-state index in [0.717, 1.165) is 32.5 Å². The van der Waals surface area contributed by atoms with Crippen molar-refractivity contribution in [1.82, 2.24) is 4.90 Å². The van der Waals surface area contributed by atoms with Crippen LogP contribution in [0.3, 0.4) is 0 Å². The van der Waals surface area contributed by atoms with Crippen molar-refractivity contribution in [3.05, 3.63) is 0 Å². The van der Waals surface area contributed by atoms with Crippen molar-refractivity contribution in [2.24, 2.45) is 5.73 Å². The summed E-state index contributed by atoms with van der Waals surface area (Å²) >= 11 is 0. The molecule has 0 bridgehead atoms. The molecule has 66 valence electrons. The lowest BCUT2D eigenvalue weighted by Gasteiger charge is -2.21. The van der Waals surface area contributed by atoms with E-state index in [-0.39, 0.29) is 0 Å². The molecule has 1 fully saturated rings. The Morgan fingerprint density at radius 1 is 1.55 bits per heavy atom. The Balaban J connectivity index is 2.20. The molecular formula is C8H18N2O. The van der Waals surface area contributed by atoms with Crippen LogP contribution in [0.2, 0.25) is 0 Å². The van der Waals surface area contributed by atoms with Crippen LogP contribution in [0.1, 0.15) is 19.3 Å². The van der Waals surface area contributed by atoms with E-state index >= 15 is 0 Å². The number of nitrogens with zero attached hydrogens (tertiary/aromatic N) is 1. The van der Waals surface area contributed by atoms with Crippen molar-refractivity contribution in [3.63, 3.8) is 0 Å². The highest BCUT2D eigenvalue weighted by molar-refractivity contribution is 4.77. The van der Waals surface area contributed by atoms with Gasteiger partial charge in [0.25, 0.3) is 0 Å². The van der Waals surface area contributed by atoms with Gasteiger partial charge in [0.2, 0.25) is 0 Å². The second-order valence-corrected chi connectivity index (χ2v) is 3.16. The zero-order valence-corrected chi connectivity index (χ0v) is 7.00. The molecule has 0 aliphatic carbocycles. The molecule has 1 aliphatic rings. The van der Waals surface area contributed by atoms with Gasteiger partial charge in [0, 0.05) is 6.04 Å². The lowest BCUT2D eigenvalue weighted by atomic mass is 10.2. The van der Waals surface area contributed by atoms with E-state index in [1.807, 2.05) is 0 Å². The third-order valence-corrected chi connectivity index (χ3v) is 2.36. The number of nitrogens with two attached hydrogens (primary N) is 1. The normalized spacial score (nSPS) is 26.2. The van der Waals surface area contributed by atoms with Gasteiger partial charge in [-0.1, -0.05) is 0 Å². The van der Waals surface area contributed by atoms with Gasteiger partial charge in [-0.2, -0.15) is 0 Å². The highest BCUT2D eigenvalue weighted by Crippen LogP contribution is 2.15. The second-order valence-electron chi connectivity index (χ2n) is 3.16. The van der Waals surface area contributed by atoms with Crippen LogP contribution in [0, 0.1) is 0 Å². The Morgan fingerprint density at radius 2 is 2.36 bits per heavy atom. The first-order valence-corrected chi connectivity index (χ1v) is 4.43. The molecule has 3 heteroatoms. The highest BCUT2D eigenvalue weighted by atomic mass is 16.3. The predicted octanol–water partition coefficient (Wildman–Crippen LogP) is -0.208. The van der Waals surface area contributed by atoms with Crippen LogP contribution in [-0.2, 0) is 0 Å². The fraction of sp³-hybridized carbons (Fsp3) is 1.00. The molecule has 0 unspecified atom stereocenters. The molecule has 0 aromatic heterocycles. The third-order valence-electron chi connectivity index (χ3n) is 2.36. The molecule has 0 saturated carbocycles. The maximum atomic E-state index is 8.96. The lowest BCUT2D eigenvalue weighted by molar-refractivity contribution is 0.158. The molecule has 1 saturated heterocycles. The van der Waals surface area contributed by atoms with Gasteiger partial charge in [0.1, 0.15) is 0 Å². The Labute approximate surface area is 68.2 Å². The topological polar surface area (TPSA) is 49.5 Å². The Hall–Kier alpha value is -0.120. The van der Waals surface area contributed by atoms with E-state index in [4.69, 9.17) is 10.8 Å². The van der Waals surface area contributed by atoms with Crippen molar-refractivity contribution in [3.8, 4) is 0 Å². The fourth-order valence-corrected chi connectivity index (χ4v) is 1.69. The van der Waals surface area contributed by atoms with Crippen LogP contribution >= 0.6 is 0 Å². The summed E-state index contributed by atoms with van der Waals surface area (Å²) < 4.78 is 0. The van der Waals surface area contributed by atoms with Gasteiger partial charge in [-0.3, -0.25) is 4.90 Å². The lowest BCUT2D eigenvalue weighted by Crippen LogP contribution is -2.33. The number of rotatable bonds is 4. The minimum Gasteiger partial charge on any atom is -0.395 e. The van der Waals surface area contributed by atoms with Crippen molar-refractivity contribution in [2.45, 2.75) is 25.3 Å². The number of hydrogen-bond acceptors (Lipinski definition) is 3. The molecule has 0 amide bonds. The summed E-state index contributed by atoms with van der Waals surface area (Å²) in [7, 11) is 0. The summed E-state index contributed by atoms with van der Waals surface area (Å²) in [5.74, 6) is 0. The van der Waals surface area contributed by atoms with Crippen LogP contribution in [0.4, 0.5) is 0 Å². The Bertz CT molecular complexity index is 108. The SMILES string of the molecule is NCCCN1CCC[C@H]1CO. The molecule has 1 heterocycles. The molecule has 1 aliphatic heterocycles. The van der Waals surface area contributed by atoms with E-state index in [2.05, 4.69) is 4.90 Å². The summed E-state index contributed by atoms with van der Waals surface area (Å²) in [4.78, 5) is 2.34. The smallest absolute Gasteiger partial charge is 0.0586 e. The Morgan fingerprint density at radius 3 is 3.00 bits per heavy atom. The first kappa shape index (κ1) is 8.97. The molecule has 0 spiro atoms. The monoisotopic (exact) mass is 158 g/mol. The summed E-state index contributed by atoms with van der Waals surface area (Å²) in [5, 5.41) is 8.96. The predicted molar refractivity (Wildman–Crippen MR) is 45.4 cm³/mol. The van der Waals surface area contributed by atoms with Crippen molar-refractivity contribution in [2.75, 3.05) is 26.2 Å². The zero-order valence-electron chi connectivity index (χ0n) is 7.00. The van der Waals surface area contributed by atoms with E-state index in [9.17, 15) is 0 Å². The van der Waals surface area contributed by atoms with Gasteiger partial charge < -0.3 is 10.8 Å². The molecule has 0 aromatic rings. The van der Waals surface area contributed by atoms with Gasteiger partial charge in [-0.15, -0.1) is 0 Å². The van der Waals surface area contributed by atoms with Crippen molar-refractivity contribution in [1.29, 1.82) is 0 Å². The maximum Gasteiger partial charge on any atom is 0.0586 e. The quantitative estimate of drug-likeness (QED) is 0.595. The summed E-state index contributed by atoms with van der Waals surface area (Å²) in [5.41, 5.74) is 5.40. The third kappa shape index (κ3) is 2.43. The minimum absolute atomic E-state index is 0.310. The number of aliphatic hydroxyl groups excluding tert-OH is 1. The van der Waals surface area contributed by atoms with Crippen LogP contribution in [0.25, 0.3) is 0 Å². The zero-order chi connectivity index (χ0) is 8.10. The summed E-state index contributed by atoms with van der Waals surface area (Å²) in [6.45, 7) is 3.27. The van der Waals surface area contributed by atoms with E-state index < -0.39 is 0 Å². The second kappa shape index (κ2) is 4.70. The molecule has 3 N–H and O–H groups in total. The number of likely N-dealkylation sites (tertiary alicyclic amines) is 1. The van der Waals surface area contributed by atoms with Gasteiger partial charge in [0.05, 0.1) is 6.61 Å². The van der Waals surface area contributed by atoms with Crippen molar-refractivity contribution >= 4 is 0 Å². The average molecular weight is 158 g/mol. The highest BCUT2D eigenvalue weighted by Gasteiger charge is 2.22. The molecule has 0 aromatic carbocycles. The summed E-state index contributed by atoms with van der Waals surface area (Å²) in [6, 6.07) is 0.418. The minimum atomic E-state index is 0.310. The van der Waals surface area contributed by atoms with Crippen molar-refractivity contribution < 1.29 is 5.11 Å². The number of hydrogen-bond donors (Lipinski definition) is 2. The van der Waals surface area contributed by atoms with Crippen LogP contribution in [-0.4, -0.2) is 42.3 Å². The number of aliphatic hydroxyl groups is 1. The van der Waals surface area contributed by atoms with Gasteiger partial charge in [-0.05, 0) is 38.9 Å². The van der Waals surface area contributed by atoms with E-state index in [0.29, 0.717) is 12.6 Å². The van der Waals surface area contributed by atoms with E-state index in [1.54, 1.807) is 0 Å². The Kier molecular flexibility index (Phi) is 3.83. The molecular weight excluding hydrogens is 140 g/mol. The maximum absolute atomic E-state index is 8.96. The molecule has 1 rings (SSSR count). The summed E-state index contributed by atoms with van der Waals surface area (Å²) in [6.07, 6.45) is 3.44. The molecule has 1 atom stereocenters. The average Bonchev–Trinajstić information content (AvgIpc) is 2.47. The van der Waals surface area contributed by atoms with Crippen LogP contribution in [0.5, 0.6) is 0 Å². The fourth-order valence-electron chi connectivity index (χ4n) is 1.69. The molecule has 3 nitrogen and oxygen atoms in total. The first-order chi connectivity index (χ1) is 5.38. The van der Waals surface area contributed by atoms with Gasteiger partial charge >= 0.3 is 0 Å². The van der Waals surface area contributed by atoms with Crippen LogP contribution < -0.4 is 5.73 Å². The van der Waals surface area contributed by atoms with Gasteiger partial charge in [0.15, 0.2) is 0 Å². The molecule has 11 heavy (non-hydrogen) atoms. The van der Waals surface area contributed by atoms with Crippen LogP contribution in [0.15, 0.2) is 0 Å². The van der Waals surface area contributed by atoms with E-state index in [1.165, 1.54) is 6.42 Å². The first-order valence-electron chi connectivity index (χ1n) is 4.43. The standard InChI is InChI=1S/C8H18N2O/c9-4-2-6-10-5-1-3-8(10)7-11/h8,11H,1-7,9H2/t8-/m0/s1. The largest absolute Gasteiger partial charge is 0.395 e.